The van der Waals surface area contributed by atoms with Crippen molar-refractivity contribution in [2.75, 3.05) is 60.9 Å². The molecule has 0 amide bonds. The number of fused-ring (bicyclic) bond motifs is 4. The predicted molar refractivity (Wildman–Crippen MR) is 162 cm³/mol. The molecule has 10 heteroatoms. The highest BCUT2D eigenvalue weighted by Crippen LogP contribution is 2.44. The molecule has 0 aliphatic carbocycles. The van der Waals surface area contributed by atoms with E-state index in [1.807, 2.05) is 38.6 Å². The van der Waals surface area contributed by atoms with Crippen LogP contribution in [0, 0.1) is 0 Å². The highest BCUT2D eigenvalue weighted by molar-refractivity contribution is 5.89. The Morgan fingerprint density at radius 3 is 1.40 bits per heavy atom. The maximum atomic E-state index is 4.93. The van der Waals surface area contributed by atoms with Gasteiger partial charge in [-0.25, -0.2) is 19.9 Å². The summed E-state index contributed by atoms with van der Waals surface area (Å²) in [6, 6.07) is 16.6. The number of unbranched alkanes of at least 4 members (excludes halogenated alkanes) is 1. The number of aromatic nitrogens is 4. The molecular formula is C30H36N10. The molecule has 0 fully saturated rings. The highest BCUT2D eigenvalue weighted by atomic mass is 15.3. The molecule has 0 radical (unpaired) electrons. The molecule has 2 N–H and O–H groups in total. The van der Waals surface area contributed by atoms with Gasteiger partial charge in [0, 0.05) is 53.7 Å². The molecule has 0 unspecified atom stereocenters. The first-order valence-electron chi connectivity index (χ1n) is 13.8. The lowest BCUT2D eigenvalue weighted by Crippen LogP contribution is -2.27. The summed E-state index contributed by atoms with van der Waals surface area (Å²) in [5.74, 6) is 3.72. The van der Waals surface area contributed by atoms with Crippen LogP contribution >= 0.6 is 0 Å². The van der Waals surface area contributed by atoms with Crippen molar-refractivity contribution in [3.63, 3.8) is 0 Å². The Hall–Kier alpha value is -4.28. The fourth-order valence-corrected chi connectivity index (χ4v) is 5.39. The molecule has 4 aromatic rings. The van der Waals surface area contributed by atoms with Crippen molar-refractivity contribution in [3.05, 3.63) is 72.3 Å². The molecule has 0 bridgehead atoms. The molecule has 206 valence electrons. The molecule has 0 saturated carbocycles. The first-order valence-corrected chi connectivity index (χ1v) is 13.8. The van der Waals surface area contributed by atoms with Crippen LogP contribution in [0.25, 0.3) is 0 Å². The van der Waals surface area contributed by atoms with Gasteiger partial charge in [-0.3, -0.25) is 0 Å². The van der Waals surface area contributed by atoms with Crippen molar-refractivity contribution in [1.29, 1.82) is 0 Å². The van der Waals surface area contributed by atoms with Gasteiger partial charge in [-0.1, -0.05) is 0 Å². The summed E-state index contributed by atoms with van der Waals surface area (Å²) in [4.78, 5) is 27.4. The third-order valence-electron chi connectivity index (χ3n) is 7.64. The van der Waals surface area contributed by atoms with E-state index in [4.69, 9.17) is 9.97 Å². The minimum atomic E-state index is 0.742. The van der Waals surface area contributed by atoms with Gasteiger partial charge in [0.1, 0.15) is 0 Å². The number of nitrogens with zero attached hydrogens (tertiary/aromatic N) is 8. The van der Waals surface area contributed by atoms with Gasteiger partial charge in [0.25, 0.3) is 0 Å². The van der Waals surface area contributed by atoms with Crippen molar-refractivity contribution in [2.45, 2.75) is 25.9 Å². The Morgan fingerprint density at radius 1 is 0.525 bits per heavy atom. The van der Waals surface area contributed by atoms with Crippen LogP contribution in [0.4, 0.5) is 46.0 Å². The van der Waals surface area contributed by atoms with Crippen LogP contribution in [-0.4, -0.2) is 61.2 Å². The smallest absolute Gasteiger partial charge is 0.158 e. The van der Waals surface area contributed by atoms with Crippen LogP contribution in [0.1, 0.15) is 24.2 Å². The van der Waals surface area contributed by atoms with E-state index in [9.17, 15) is 0 Å². The molecule has 0 aromatic carbocycles. The van der Waals surface area contributed by atoms with Gasteiger partial charge in [-0.05, 0) is 74.5 Å². The average Bonchev–Trinajstić information content (AvgIpc) is 3.00. The van der Waals surface area contributed by atoms with Gasteiger partial charge in [0.2, 0.25) is 0 Å². The van der Waals surface area contributed by atoms with Crippen LogP contribution in [0.15, 0.2) is 60.9 Å². The van der Waals surface area contributed by atoms with Crippen molar-refractivity contribution >= 4 is 46.0 Å². The molecule has 0 atom stereocenters. The molecule has 6 rings (SSSR count). The van der Waals surface area contributed by atoms with Crippen LogP contribution < -0.4 is 30.2 Å². The second-order valence-corrected chi connectivity index (χ2v) is 10.3. The van der Waals surface area contributed by atoms with Gasteiger partial charge in [0.15, 0.2) is 23.3 Å². The molecule has 40 heavy (non-hydrogen) atoms. The zero-order chi connectivity index (χ0) is 27.6. The van der Waals surface area contributed by atoms with Crippen molar-refractivity contribution in [3.8, 4) is 0 Å². The zero-order valence-electron chi connectivity index (χ0n) is 23.6. The standard InChI is InChI=1S/C30H36N10/c1-37-23-9-7-17-33-27(23)39(3)29-25(37)13-11-21(35-29)19-31-15-5-6-16-32-20-22-12-14-26-30(36-22)40(4)28-24(38(26)2)10-8-18-34-28/h7-14,17-18,31-32H,5-6,15-16,19-20H2,1-4H3. The normalized spacial score (nSPS) is 13.6. The van der Waals surface area contributed by atoms with Crippen LogP contribution in [0.5, 0.6) is 0 Å². The summed E-state index contributed by atoms with van der Waals surface area (Å²) < 4.78 is 0. The van der Waals surface area contributed by atoms with Crippen LogP contribution in [-0.2, 0) is 13.1 Å². The van der Waals surface area contributed by atoms with E-state index >= 15 is 0 Å². The van der Waals surface area contributed by atoms with Crippen molar-refractivity contribution < 1.29 is 0 Å². The van der Waals surface area contributed by atoms with E-state index in [1.54, 1.807) is 0 Å². The monoisotopic (exact) mass is 536 g/mol. The molecule has 2 aliphatic heterocycles. The fourth-order valence-electron chi connectivity index (χ4n) is 5.39. The van der Waals surface area contributed by atoms with E-state index < -0.39 is 0 Å². The van der Waals surface area contributed by atoms with E-state index in [1.165, 1.54) is 0 Å². The lowest BCUT2D eigenvalue weighted by Gasteiger charge is -2.34. The van der Waals surface area contributed by atoms with Gasteiger partial charge >= 0.3 is 0 Å². The highest BCUT2D eigenvalue weighted by Gasteiger charge is 2.27. The van der Waals surface area contributed by atoms with Gasteiger partial charge in [0.05, 0.1) is 34.1 Å². The Balaban J connectivity index is 0.944. The van der Waals surface area contributed by atoms with Gasteiger partial charge in [-0.15, -0.1) is 0 Å². The number of hydrogen-bond acceptors (Lipinski definition) is 10. The maximum absolute atomic E-state index is 4.93. The number of pyridine rings is 4. The molecule has 10 nitrogen and oxygen atoms in total. The zero-order valence-corrected chi connectivity index (χ0v) is 23.6. The predicted octanol–water partition coefficient (Wildman–Crippen LogP) is 4.62. The third-order valence-corrected chi connectivity index (χ3v) is 7.64. The van der Waals surface area contributed by atoms with E-state index in [0.29, 0.717) is 0 Å². The maximum Gasteiger partial charge on any atom is 0.158 e. The van der Waals surface area contributed by atoms with E-state index in [-0.39, 0.29) is 0 Å². The van der Waals surface area contributed by atoms with Crippen molar-refractivity contribution in [1.82, 2.24) is 30.6 Å². The Labute approximate surface area is 235 Å². The summed E-state index contributed by atoms with van der Waals surface area (Å²) >= 11 is 0. The second-order valence-electron chi connectivity index (χ2n) is 10.3. The minimum absolute atomic E-state index is 0.742. The van der Waals surface area contributed by atoms with Gasteiger partial charge < -0.3 is 30.2 Å². The van der Waals surface area contributed by atoms with E-state index in [0.717, 1.165) is 96.4 Å². The fraction of sp³-hybridized carbons (Fsp3) is 0.333. The lowest BCUT2D eigenvalue weighted by atomic mass is 10.2. The summed E-state index contributed by atoms with van der Waals surface area (Å²) in [5.41, 5.74) is 6.41. The summed E-state index contributed by atoms with van der Waals surface area (Å²) in [6.07, 6.45) is 5.83. The summed E-state index contributed by atoms with van der Waals surface area (Å²) in [6.45, 7) is 3.38. The number of hydrogen-bond donors (Lipinski definition) is 2. The molecule has 6 heterocycles. The molecule has 0 saturated heterocycles. The summed E-state index contributed by atoms with van der Waals surface area (Å²) in [5, 5.41) is 7.09. The Bertz CT molecular complexity index is 1390. The Morgan fingerprint density at radius 2 is 0.950 bits per heavy atom. The second kappa shape index (κ2) is 11.1. The minimum Gasteiger partial charge on any atom is -0.339 e. The SMILES string of the molecule is CN1c2cccnc2N(C)c2nc(CNCCCCNCc3ccc4c(n3)N(C)c3ncccc3N4C)ccc21. The molecule has 2 aliphatic rings. The molecule has 4 aromatic heterocycles. The van der Waals surface area contributed by atoms with Gasteiger partial charge in [-0.2, -0.15) is 0 Å². The third kappa shape index (κ3) is 4.80. The average molecular weight is 537 g/mol. The number of nitrogens with one attached hydrogen (secondary N) is 2. The number of rotatable bonds is 9. The largest absolute Gasteiger partial charge is 0.339 e. The number of anilines is 8. The molecule has 0 spiro atoms. The summed E-state index contributed by atoms with van der Waals surface area (Å²) in [7, 11) is 8.19. The van der Waals surface area contributed by atoms with Crippen molar-refractivity contribution in [2.24, 2.45) is 0 Å². The first-order chi connectivity index (χ1) is 19.5. The first kappa shape index (κ1) is 26.0. The van der Waals surface area contributed by atoms with Crippen LogP contribution in [0.3, 0.4) is 0 Å². The lowest BCUT2D eigenvalue weighted by molar-refractivity contribution is 0.576. The van der Waals surface area contributed by atoms with E-state index in [2.05, 4.69) is 90.7 Å². The quantitative estimate of drug-likeness (QED) is 0.295. The molecular weight excluding hydrogens is 500 g/mol. The topological polar surface area (TPSA) is 88.6 Å². The Kier molecular flexibility index (Phi) is 7.19. The van der Waals surface area contributed by atoms with Crippen LogP contribution in [0.2, 0.25) is 0 Å².